The first kappa shape index (κ1) is 17.0. The third-order valence-electron chi connectivity index (χ3n) is 4.11. The maximum absolute atomic E-state index is 12.6. The Morgan fingerprint density at radius 2 is 1.80 bits per heavy atom. The molecule has 0 saturated carbocycles. The van der Waals surface area contributed by atoms with E-state index in [0.717, 1.165) is 4.57 Å². The maximum Gasteiger partial charge on any atom is 0.332 e. The van der Waals surface area contributed by atoms with Gasteiger partial charge in [-0.1, -0.05) is 18.2 Å². The second-order valence-corrected chi connectivity index (χ2v) is 5.97. The van der Waals surface area contributed by atoms with Crippen LogP contribution in [0, 0.1) is 0 Å². The number of aromatic nitrogens is 4. The maximum atomic E-state index is 12.6. The third-order valence-corrected chi connectivity index (χ3v) is 4.40. The summed E-state index contributed by atoms with van der Waals surface area (Å²) in [4.78, 5) is 42.6. The standard InChI is InChI=1S/C16H16ClN5O3/c1-19(10-7-5-4-6-8-10)11(23)9-22-12-13(18-15(22)17)20(2)16(25)21(3)14(12)24/h4-8H,9H2,1-3H3. The van der Waals surface area contributed by atoms with Crippen LogP contribution < -0.4 is 16.1 Å². The van der Waals surface area contributed by atoms with Gasteiger partial charge >= 0.3 is 5.69 Å². The van der Waals surface area contributed by atoms with Crippen molar-refractivity contribution in [3.8, 4) is 0 Å². The topological polar surface area (TPSA) is 82.1 Å². The normalized spacial score (nSPS) is 11.0. The van der Waals surface area contributed by atoms with Crippen LogP contribution in [-0.4, -0.2) is 31.6 Å². The highest BCUT2D eigenvalue weighted by atomic mass is 35.5. The summed E-state index contributed by atoms with van der Waals surface area (Å²) in [5.74, 6) is -0.275. The van der Waals surface area contributed by atoms with Gasteiger partial charge in [0.1, 0.15) is 6.54 Å². The largest absolute Gasteiger partial charge is 0.332 e. The minimum absolute atomic E-state index is 0.0249. The zero-order valence-electron chi connectivity index (χ0n) is 13.9. The summed E-state index contributed by atoms with van der Waals surface area (Å²) in [5.41, 5.74) is -0.0785. The third kappa shape index (κ3) is 2.74. The van der Waals surface area contributed by atoms with Crippen LogP contribution in [-0.2, 0) is 25.4 Å². The Labute approximate surface area is 147 Å². The van der Waals surface area contributed by atoms with Crippen molar-refractivity contribution < 1.29 is 4.79 Å². The predicted molar refractivity (Wildman–Crippen MR) is 95.1 cm³/mol. The number of aryl methyl sites for hydroxylation is 1. The van der Waals surface area contributed by atoms with Crippen molar-refractivity contribution in [3.05, 3.63) is 56.5 Å². The van der Waals surface area contributed by atoms with Crippen molar-refractivity contribution in [3.63, 3.8) is 0 Å². The van der Waals surface area contributed by atoms with Crippen molar-refractivity contribution in [2.75, 3.05) is 11.9 Å². The van der Waals surface area contributed by atoms with Gasteiger partial charge in [0.2, 0.25) is 11.2 Å². The lowest BCUT2D eigenvalue weighted by atomic mass is 10.3. The molecule has 0 aliphatic heterocycles. The quantitative estimate of drug-likeness (QED) is 0.645. The molecule has 8 nitrogen and oxygen atoms in total. The first-order valence-corrected chi connectivity index (χ1v) is 7.84. The molecule has 0 atom stereocenters. The Morgan fingerprint density at radius 3 is 2.44 bits per heavy atom. The minimum atomic E-state index is -0.548. The highest BCUT2D eigenvalue weighted by molar-refractivity contribution is 6.29. The molecule has 0 bridgehead atoms. The van der Waals surface area contributed by atoms with Crippen LogP contribution in [0.1, 0.15) is 0 Å². The van der Waals surface area contributed by atoms with E-state index >= 15 is 0 Å². The number of carbonyl (C=O) groups excluding carboxylic acids is 1. The number of hydrogen-bond donors (Lipinski definition) is 0. The molecule has 0 aliphatic rings. The Morgan fingerprint density at radius 1 is 1.16 bits per heavy atom. The van der Waals surface area contributed by atoms with Gasteiger partial charge in [-0.25, -0.2) is 4.79 Å². The SMILES string of the molecule is CN(C(=O)Cn1c(Cl)nc2c1c(=O)n(C)c(=O)n2C)c1ccccc1. The van der Waals surface area contributed by atoms with Gasteiger partial charge in [0.05, 0.1) is 0 Å². The molecular weight excluding hydrogens is 346 g/mol. The van der Waals surface area contributed by atoms with E-state index in [4.69, 9.17) is 11.6 Å². The van der Waals surface area contributed by atoms with Crippen LogP contribution in [0.15, 0.2) is 39.9 Å². The number of benzene rings is 1. The lowest BCUT2D eigenvalue weighted by Gasteiger charge is -2.18. The Hall–Kier alpha value is -2.87. The van der Waals surface area contributed by atoms with Crippen LogP contribution in [0.3, 0.4) is 0 Å². The summed E-state index contributed by atoms with van der Waals surface area (Å²) in [6, 6.07) is 9.10. The van der Waals surface area contributed by atoms with Crippen LogP contribution >= 0.6 is 11.6 Å². The highest BCUT2D eigenvalue weighted by Crippen LogP contribution is 2.17. The summed E-state index contributed by atoms with van der Waals surface area (Å²) in [5, 5.41) is -0.0249. The minimum Gasteiger partial charge on any atom is -0.314 e. The number of halogens is 1. The van der Waals surface area contributed by atoms with Crippen LogP contribution in [0.25, 0.3) is 11.2 Å². The lowest BCUT2D eigenvalue weighted by Crippen LogP contribution is -2.38. The Bertz CT molecular complexity index is 1080. The number of para-hydroxylation sites is 1. The number of rotatable bonds is 3. The zero-order valence-corrected chi connectivity index (χ0v) is 14.7. The fourth-order valence-corrected chi connectivity index (χ4v) is 2.83. The summed E-state index contributed by atoms with van der Waals surface area (Å²) in [7, 11) is 4.50. The molecule has 9 heteroatoms. The molecule has 1 amide bonds. The molecule has 0 fully saturated rings. The van der Waals surface area contributed by atoms with Crippen LogP contribution in [0.4, 0.5) is 5.69 Å². The first-order valence-electron chi connectivity index (χ1n) is 7.46. The number of likely N-dealkylation sites (N-methyl/N-ethyl adjacent to an activating group) is 1. The van der Waals surface area contributed by atoms with E-state index in [1.54, 1.807) is 19.2 Å². The summed E-state index contributed by atoms with van der Waals surface area (Å²) in [6.07, 6.45) is 0. The fraction of sp³-hybridized carbons (Fsp3) is 0.250. The van der Waals surface area contributed by atoms with Gasteiger partial charge in [0.25, 0.3) is 5.56 Å². The molecule has 2 aromatic heterocycles. The summed E-state index contributed by atoms with van der Waals surface area (Å²) in [6.45, 7) is -0.172. The number of fused-ring (bicyclic) bond motifs is 1. The van der Waals surface area contributed by atoms with E-state index in [0.29, 0.717) is 5.69 Å². The molecule has 0 N–H and O–H groups in total. The average Bonchev–Trinajstić information content (AvgIpc) is 2.94. The van der Waals surface area contributed by atoms with Crippen LogP contribution in [0.5, 0.6) is 0 Å². The van der Waals surface area contributed by atoms with Gasteiger partial charge in [-0.3, -0.25) is 23.3 Å². The van der Waals surface area contributed by atoms with E-state index in [1.165, 1.54) is 28.1 Å². The number of hydrogen-bond acceptors (Lipinski definition) is 4. The molecule has 0 unspecified atom stereocenters. The molecular formula is C16H16ClN5O3. The van der Waals surface area contributed by atoms with Crippen molar-refractivity contribution in [1.82, 2.24) is 18.7 Å². The summed E-state index contributed by atoms with van der Waals surface area (Å²) < 4.78 is 3.51. The zero-order chi connectivity index (χ0) is 18.3. The number of carbonyl (C=O) groups is 1. The number of anilines is 1. The van der Waals surface area contributed by atoms with Gasteiger partial charge in [0, 0.05) is 26.8 Å². The number of nitrogens with zero attached hydrogens (tertiary/aromatic N) is 5. The molecule has 0 saturated heterocycles. The van der Waals surface area contributed by atoms with E-state index in [9.17, 15) is 14.4 Å². The van der Waals surface area contributed by atoms with E-state index in [2.05, 4.69) is 4.98 Å². The first-order chi connectivity index (χ1) is 11.8. The molecule has 1 aromatic carbocycles. The number of imidazole rings is 1. The second-order valence-electron chi connectivity index (χ2n) is 5.63. The highest BCUT2D eigenvalue weighted by Gasteiger charge is 2.21. The molecule has 3 aromatic rings. The molecule has 2 heterocycles. The number of amides is 1. The smallest absolute Gasteiger partial charge is 0.314 e. The Balaban J connectivity index is 2.08. The van der Waals surface area contributed by atoms with E-state index < -0.39 is 11.2 Å². The Kier molecular flexibility index (Phi) is 4.22. The van der Waals surface area contributed by atoms with Crippen molar-refractivity contribution in [2.24, 2.45) is 14.1 Å². The average molecular weight is 362 g/mol. The molecule has 0 radical (unpaired) electrons. The predicted octanol–water partition coefficient (Wildman–Crippen LogP) is 0.750. The van der Waals surface area contributed by atoms with Gasteiger partial charge in [-0.2, -0.15) is 4.98 Å². The molecule has 3 rings (SSSR count). The second kappa shape index (κ2) is 6.21. The molecule has 25 heavy (non-hydrogen) atoms. The van der Waals surface area contributed by atoms with Crippen molar-refractivity contribution >= 4 is 34.4 Å². The molecule has 0 spiro atoms. The van der Waals surface area contributed by atoms with Gasteiger partial charge in [0.15, 0.2) is 11.2 Å². The van der Waals surface area contributed by atoms with E-state index in [-0.39, 0.29) is 28.9 Å². The van der Waals surface area contributed by atoms with Crippen molar-refractivity contribution in [2.45, 2.75) is 6.54 Å². The van der Waals surface area contributed by atoms with Gasteiger partial charge in [-0.15, -0.1) is 0 Å². The monoisotopic (exact) mass is 361 g/mol. The van der Waals surface area contributed by atoms with E-state index in [1.807, 2.05) is 18.2 Å². The molecule has 130 valence electrons. The fourth-order valence-electron chi connectivity index (χ4n) is 2.60. The van der Waals surface area contributed by atoms with Gasteiger partial charge in [-0.05, 0) is 23.7 Å². The molecule has 0 aliphatic carbocycles. The summed E-state index contributed by atoms with van der Waals surface area (Å²) >= 11 is 6.13. The van der Waals surface area contributed by atoms with Crippen LogP contribution in [0.2, 0.25) is 5.28 Å². The lowest BCUT2D eigenvalue weighted by molar-refractivity contribution is -0.118. The van der Waals surface area contributed by atoms with Crippen molar-refractivity contribution in [1.29, 1.82) is 0 Å². The van der Waals surface area contributed by atoms with Gasteiger partial charge < -0.3 is 4.90 Å².